The van der Waals surface area contributed by atoms with E-state index in [-0.39, 0.29) is 12.5 Å². The zero-order valence-corrected chi connectivity index (χ0v) is 11.9. The number of benzene rings is 1. The number of hydrogen-bond donors (Lipinski definition) is 2. The molecule has 1 unspecified atom stereocenters. The van der Waals surface area contributed by atoms with Crippen molar-refractivity contribution >= 4 is 11.6 Å². The molecule has 0 radical (unpaired) electrons. The van der Waals surface area contributed by atoms with Crippen LogP contribution in [0, 0.1) is 5.92 Å². The van der Waals surface area contributed by atoms with Gasteiger partial charge >= 0.3 is 0 Å². The Balaban J connectivity index is 1.57. The second-order valence-corrected chi connectivity index (χ2v) is 5.91. The Labute approximate surface area is 119 Å². The highest BCUT2D eigenvalue weighted by Crippen LogP contribution is 2.33. The van der Waals surface area contributed by atoms with Crippen LogP contribution in [0.2, 0.25) is 0 Å². The van der Waals surface area contributed by atoms with E-state index >= 15 is 0 Å². The van der Waals surface area contributed by atoms with Crippen molar-refractivity contribution in [2.45, 2.75) is 38.6 Å². The number of fused-ring (bicyclic) bond motifs is 1. The van der Waals surface area contributed by atoms with Gasteiger partial charge in [0, 0.05) is 12.6 Å². The van der Waals surface area contributed by atoms with Crippen molar-refractivity contribution in [3.05, 3.63) is 23.8 Å². The van der Waals surface area contributed by atoms with Crippen molar-refractivity contribution in [3.63, 3.8) is 0 Å². The highest BCUT2D eigenvalue weighted by atomic mass is 16.5. The number of rotatable bonds is 5. The quantitative estimate of drug-likeness (QED) is 0.866. The molecule has 1 aliphatic heterocycles. The van der Waals surface area contributed by atoms with Gasteiger partial charge in [0.25, 0.3) is 5.91 Å². The van der Waals surface area contributed by atoms with Gasteiger partial charge in [0.15, 0.2) is 6.61 Å². The molecule has 0 aromatic heterocycles. The van der Waals surface area contributed by atoms with Gasteiger partial charge < -0.3 is 15.4 Å². The van der Waals surface area contributed by atoms with Gasteiger partial charge in [-0.3, -0.25) is 4.79 Å². The van der Waals surface area contributed by atoms with Crippen LogP contribution in [0.5, 0.6) is 5.75 Å². The smallest absolute Gasteiger partial charge is 0.257 e. The van der Waals surface area contributed by atoms with E-state index in [1.807, 2.05) is 12.1 Å². The summed E-state index contributed by atoms with van der Waals surface area (Å²) in [5.74, 6) is 1.46. The molecular weight excluding hydrogens is 252 g/mol. The third-order valence-corrected chi connectivity index (χ3v) is 3.99. The molecule has 1 heterocycles. The summed E-state index contributed by atoms with van der Waals surface area (Å²) in [6.45, 7) is 3.06. The minimum atomic E-state index is -0.0293. The molecule has 2 N–H and O–H groups in total. The largest absolute Gasteiger partial charge is 0.482 e. The van der Waals surface area contributed by atoms with Crippen LogP contribution in [0.25, 0.3) is 0 Å². The third kappa shape index (κ3) is 3.24. The summed E-state index contributed by atoms with van der Waals surface area (Å²) in [5, 5.41) is 6.38. The number of para-hydroxylation sites is 1. The lowest BCUT2D eigenvalue weighted by Crippen LogP contribution is -2.31. The molecule has 3 rings (SSSR count). The maximum atomic E-state index is 11.7. The van der Waals surface area contributed by atoms with Crippen molar-refractivity contribution in [2.75, 3.05) is 18.5 Å². The van der Waals surface area contributed by atoms with Crippen LogP contribution in [0.4, 0.5) is 5.69 Å². The predicted molar refractivity (Wildman–Crippen MR) is 79.1 cm³/mol. The van der Waals surface area contributed by atoms with Gasteiger partial charge in [0.05, 0.1) is 5.69 Å². The van der Waals surface area contributed by atoms with Crippen LogP contribution in [0.15, 0.2) is 18.2 Å². The first-order valence-electron chi connectivity index (χ1n) is 7.50. The predicted octanol–water partition coefficient (Wildman–Crippen LogP) is 2.34. The summed E-state index contributed by atoms with van der Waals surface area (Å²) in [5.41, 5.74) is 2.33. The second kappa shape index (κ2) is 5.73. The molecule has 4 heteroatoms. The second-order valence-electron chi connectivity index (χ2n) is 5.91. The van der Waals surface area contributed by atoms with E-state index in [4.69, 9.17) is 4.74 Å². The number of carbonyl (C=O) groups is 1. The first-order chi connectivity index (χ1) is 9.72. The topological polar surface area (TPSA) is 50.4 Å². The number of anilines is 1. The molecule has 1 atom stereocenters. The van der Waals surface area contributed by atoms with E-state index in [9.17, 15) is 4.79 Å². The summed E-state index contributed by atoms with van der Waals surface area (Å²) in [7, 11) is 0. The maximum Gasteiger partial charge on any atom is 0.257 e. The standard InChI is InChI=1S/C16H22N2O2/c1-11-5-8-13-3-2-4-14(16(13)18-11)20-10-15(19)17-9-12-6-7-12/h2-4,11-12,18H,5-10H2,1H3,(H,17,19). The SMILES string of the molecule is CC1CCc2cccc(OCC(=O)NCC3CC3)c2N1. The third-order valence-electron chi connectivity index (χ3n) is 3.99. The minimum Gasteiger partial charge on any atom is -0.482 e. The van der Waals surface area contributed by atoms with Crippen molar-refractivity contribution in [2.24, 2.45) is 5.92 Å². The Bertz CT molecular complexity index is 497. The van der Waals surface area contributed by atoms with E-state index in [0.717, 1.165) is 30.8 Å². The lowest BCUT2D eigenvalue weighted by molar-refractivity contribution is -0.123. The molecule has 4 nitrogen and oxygen atoms in total. The van der Waals surface area contributed by atoms with Crippen molar-refractivity contribution in [1.82, 2.24) is 5.32 Å². The maximum absolute atomic E-state index is 11.7. The Morgan fingerprint density at radius 3 is 3.05 bits per heavy atom. The summed E-state index contributed by atoms with van der Waals surface area (Å²) in [6.07, 6.45) is 4.69. The van der Waals surface area contributed by atoms with Crippen LogP contribution in [0.3, 0.4) is 0 Å². The number of nitrogens with one attached hydrogen (secondary N) is 2. The van der Waals surface area contributed by atoms with Crippen LogP contribution < -0.4 is 15.4 Å². The number of hydrogen-bond acceptors (Lipinski definition) is 3. The van der Waals surface area contributed by atoms with Gasteiger partial charge in [-0.15, -0.1) is 0 Å². The molecule has 20 heavy (non-hydrogen) atoms. The fourth-order valence-corrected chi connectivity index (χ4v) is 2.53. The van der Waals surface area contributed by atoms with E-state index < -0.39 is 0 Å². The Hall–Kier alpha value is -1.71. The molecule has 1 aromatic carbocycles. The lowest BCUT2D eigenvalue weighted by atomic mass is 9.98. The monoisotopic (exact) mass is 274 g/mol. The van der Waals surface area contributed by atoms with Gasteiger partial charge in [-0.2, -0.15) is 0 Å². The molecule has 0 spiro atoms. The van der Waals surface area contributed by atoms with Crippen molar-refractivity contribution < 1.29 is 9.53 Å². The molecule has 1 aliphatic carbocycles. The summed E-state index contributed by atoms with van der Waals surface area (Å²) in [4.78, 5) is 11.7. The van der Waals surface area contributed by atoms with Gasteiger partial charge in [0.1, 0.15) is 5.75 Å². The number of aryl methyl sites for hydroxylation is 1. The van der Waals surface area contributed by atoms with E-state index in [1.54, 1.807) is 0 Å². The van der Waals surface area contributed by atoms with E-state index in [0.29, 0.717) is 12.0 Å². The molecule has 0 bridgehead atoms. The van der Waals surface area contributed by atoms with Crippen molar-refractivity contribution in [3.8, 4) is 5.75 Å². The zero-order chi connectivity index (χ0) is 13.9. The van der Waals surface area contributed by atoms with Gasteiger partial charge in [-0.25, -0.2) is 0 Å². The summed E-state index contributed by atoms with van der Waals surface area (Å²) < 4.78 is 5.69. The van der Waals surface area contributed by atoms with E-state index in [2.05, 4.69) is 23.6 Å². The van der Waals surface area contributed by atoms with Gasteiger partial charge in [0.2, 0.25) is 0 Å². The number of ether oxygens (including phenoxy) is 1. The molecule has 1 fully saturated rings. The molecule has 1 amide bonds. The number of amides is 1. The minimum absolute atomic E-state index is 0.0293. The fraction of sp³-hybridized carbons (Fsp3) is 0.562. The molecule has 2 aliphatic rings. The Morgan fingerprint density at radius 2 is 2.25 bits per heavy atom. The molecule has 1 saturated carbocycles. The van der Waals surface area contributed by atoms with Crippen molar-refractivity contribution in [1.29, 1.82) is 0 Å². The molecular formula is C16H22N2O2. The number of carbonyl (C=O) groups excluding carboxylic acids is 1. The molecule has 0 saturated heterocycles. The zero-order valence-electron chi connectivity index (χ0n) is 11.9. The first-order valence-corrected chi connectivity index (χ1v) is 7.50. The van der Waals surface area contributed by atoms with Crippen LogP contribution >= 0.6 is 0 Å². The normalized spacial score (nSPS) is 20.8. The highest BCUT2D eigenvalue weighted by molar-refractivity contribution is 5.78. The first kappa shape index (κ1) is 13.3. The average Bonchev–Trinajstić information content (AvgIpc) is 3.27. The van der Waals surface area contributed by atoms with Crippen LogP contribution in [-0.4, -0.2) is 25.1 Å². The van der Waals surface area contributed by atoms with Gasteiger partial charge in [-0.05, 0) is 50.2 Å². The van der Waals surface area contributed by atoms with Crippen LogP contribution in [-0.2, 0) is 11.2 Å². The molecule has 1 aromatic rings. The lowest BCUT2D eigenvalue weighted by Gasteiger charge is -2.26. The Kier molecular flexibility index (Phi) is 3.81. The Morgan fingerprint density at radius 1 is 1.40 bits per heavy atom. The van der Waals surface area contributed by atoms with Crippen LogP contribution in [0.1, 0.15) is 31.7 Å². The fourth-order valence-electron chi connectivity index (χ4n) is 2.53. The summed E-state index contributed by atoms with van der Waals surface area (Å²) >= 11 is 0. The molecule has 108 valence electrons. The van der Waals surface area contributed by atoms with Gasteiger partial charge in [-0.1, -0.05) is 12.1 Å². The average molecular weight is 274 g/mol. The highest BCUT2D eigenvalue weighted by Gasteiger charge is 2.22. The van der Waals surface area contributed by atoms with E-state index in [1.165, 1.54) is 18.4 Å². The summed E-state index contributed by atoms with van der Waals surface area (Å²) in [6, 6.07) is 6.50.